The van der Waals surface area contributed by atoms with Crippen LogP contribution in [0.2, 0.25) is 0 Å². The summed E-state index contributed by atoms with van der Waals surface area (Å²) in [5.74, 6) is 0. The van der Waals surface area contributed by atoms with Crippen LogP contribution in [0.25, 0.3) is 0 Å². The molecular formula is C17H26BrN3. The summed E-state index contributed by atoms with van der Waals surface area (Å²) in [5, 5.41) is 0. The van der Waals surface area contributed by atoms with E-state index < -0.39 is 0 Å². The lowest BCUT2D eigenvalue weighted by Gasteiger charge is -2.35. The van der Waals surface area contributed by atoms with Gasteiger partial charge in [0.25, 0.3) is 0 Å². The Morgan fingerprint density at radius 3 is 2.43 bits per heavy atom. The molecule has 1 aromatic rings. The highest BCUT2D eigenvalue weighted by Gasteiger charge is 2.31. The molecule has 2 fully saturated rings. The van der Waals surface area contributed by atoms with Gasteiger partial charge in [0.1, 0.15) is 0 Å². The summed E-state index contributed by atoms with van der Waals surface area (Å²) in [6, 6.07) is 10.4. The summed E-state index contributed by atoms with van der Waals surface area (Å²) in [6.07, 6.45) is 3.63. The van der Waals surface area contributed by atoms with E-state index in [-0.39, 0.29) is 0 Å². The predicted molar refractivity (Wildman–Crippen MR) is 91.3 cm³/mol. The van der Waals surface area contributed by atoms with Crippen LogP contribution in [0.1, 0.15) is 37.8 Å². The number of likely N-dealkylation sites (tertiary alicyclic amines) is 2. The molecule has 2 aliphatic rings. The topological polar surface area (TPSA) is 32.5 Å². The molecule has 3 nitrogen and oxygen atoms in total. The van der Waals surface area contributed by atoms with Gasteiger partial charge in [0.15, 0.2) is 0 Å². The minimum Gasteiger partial charge on any atom is -0.328 e. The highest BCUT2D eigenvalue weighted by atomic mass is 79.9. The Morgan fingerprint density at radius 2 is 1.76 bits per heavy atom. The van der Waals surface area contributed by atoms with Crippen molar-refractivity contribution in [1.29, 1.82) is 0 Å². The molecule has 0 bridgehead atoms. The average molecular weight is 352 g/mol. The number of hydrogen-bond acceptors (Lipinski definition) is 3. The molecule has 2 unspecified atom stereocenters. The highest BCUT2D eigenvalue weighted by molar-refractivity contribution is 9.10. The van der Waals surface area contributed by atoms with Crippen molar-refractivity contribution in [3.05, 3.63) is 34.3 Å². The third-order valence-corrected chi connectivity index (χ3v) is 5.71. The van der Waals surface area contributed by atoms with Crippen molar-refractivity contribution < 1.29 is 0 Å². The number of nitrogens with zero attached hydrogens (tertiary/aromatic N) is 2. The lowest BCUT2D eigenvalue weighted by atomic mass is 10.0. The zero-order valence-electron chi connectivity index (χ0n) is 12.8. The molecule has 2 heterocycles. The smallest absolute Gasteiger partial charge is 0.0320 e. The second kappa shape index (κ2) is 6.78. The highest BCUT2D eigenvalue weighted by Crippen LogP contribution is 2.28. The van der Waals surface area contributed by atoms with E-state index in [1.54, 1.807) is 0 Å². The number of piperidine rings is 1. The van der Waals surface area contributed by atoms with Crippen molar-refractivity contribution in [3.63, 3.8) is 0 Å². The quantitative estimate of drug-likeness (QED) is 0.908. The fourth-order valence-corrected chi connectivity index (χ4v) is 3.92. The van der Waals surface area contributed by atoms with Gasteiger partial charge in [-0.25, -0.2) is 0 Å². The lowest BCUT2D eigenvalue weighted by molar-refractivity contribution is 0.146. The summed E-state index contributed by atoms with van der Waals surface area (Å²) in [5.41, 5.74) is 7.43. The molecule has 3 rings (SSSR count). The molecule has 0 spiro atoms. The predicted octanol–water partition coefficient (Wildman–Crippen LogP) is 3.01. The molecule has 4 heteroatoms. The molecule has 1 aromatic carbocycles. The molecule has 116 valence electrons. The maximum Gasteiger partial charge on any atom is 0.0320 e. The van der Waals surface area contributed by atoms with Gasteiger partial charge in [0.05, 0.1) is 0 Å². The van der Waals surface area contributed by atoms with E-state index in [0.717, 1.165) is 10.5 Å². The molecule has 0 amide bonds. The van der Waals surface area contributed by atoms with Gasteiger partial charge in [-0.1, -0.05) is 28.1 Å². The van der Waals surface area contributed by atoms with E-state index in [0.29, 0.717) is 12.1 Å². The van der Waals surface area contributed by atoms with Crippen molar-refractivity contribution in [2.45, 2.75) is 44.3 Å². The van der Waals surface area contributed by atoms with E-state index in [1.165, 1.54) is 51.0 Å². The first-order chi connectivity index (χ1) is 10.1. The third-order valence-electron chi connectivity index (χ3n) is 5.19. The van der Waals surface area contributed by atoms with Crippen molar-refractivity contribution in [3.8, 4) is 0 Å². The number of halogens is 1. The van der Waals surface area contributed by atoms with Gasteiger partial charge in [0.2, 0.25) is 0 Å². The largest absolute Gasteiger partial charge is 0.328 e. The summed E-state index contributed by atoms with van der Waals surface area (Å²) in [6.45, 7) is 7.12. The van der Waals surface area contributed by atoms with Gasteiger partial charge >= 0.3 is 0 Å². The van der Waals surface area contributed by atoms with Crippen molar-refractivity contribution in [2.75, 3.05) is 26.2 Å². The molecule has 2 atom stereocenters. The number of rotatable bonds is 3. The van der Waals surface area contributed by atoms with Gasteiger partial charge in [-0.3, -0.25) is 9.80 Å². The van der Waals surface area contributed by atoms with Crippen LogP contribution >= 0.6 is 15.9 Å². The average Bonchev–Trinajstić information content (AvgIpc) is 2.98. The van der Waals surface area contributed by atoms with Crippen LogP contribution in [0.15, 0.2) is 28.7 Å². The summed E-state index contributed by atoms with van der Waals surface area (Å²) >= 11 is 3.51. The Kier molecular flexibility index (Phi) is 4.99. The fourth-order valence-electron chi connectivity index (χ4n) is 3.65. The molecular weight excluding hydrogens is 326 g/mol. The van der Waals surface area contributed by atoms with Crippen LogP contribution < -0.4 is 5.73 Å². The van der Waals surface area contributed by atoms with E-state index in [4.69, 9.17) is 5.73 Å². The Balaban J connectivity index is 1.57. The first kappa shape index (κ1) is 15.5. The molecule has 2 saturated heterocycles. The maximum atomic E-state index is 6.02. The number of hydrogen-bond donors (Lipinski definition) is 1. The summed E-state index contributed by atoms with van der Waals surface area (Å²) in [4.78, 5) is 5.29. The summed E-state index contributed by atoms with van der Waals surface area (Å²) < 4.78 is 1.16. The van der Waals surface area contributed by atoms with E-state index >= 15 is 0 Å². The number of benzene rings is 1. The van der Waals surface area contributed by atoms with Crippen molar-refractivity contribution in [2.24, 2.45) is 5.73 Å². The lowest BCUT2D eigenvalue weighted by Crippen LogP contribution is -2.46. The van der Waals surface area contributed by atoms with Gasteiger partial charge < -0.3 is 5.73 Å². The van der Waals surface area contributed by atoms with Crippen LogP contribution in [-0.2, 0) is 0 Å². The minimum absolute atomic E-state index is 0.431. The second-order valence-electron chi connectivity index (χ2n) is 6.54. The minimum atomic E-state index is 0.431. The molecule has 0 aromatic heterocycles. The third kappa shape index (κ3) is 3.67. The normalized spacial score (nSPS) is 27.1. The van der Waals surface area contributed by atoms with Crippen LogP contribution in [0.4, 0.5) is 0 Å². The van der Waals surface area contributed by atoms with Crippen LogP contribution in [0.5, 0.6) is 0 Å². The second-order valence-corrected chi connectivity index (χ2v) is 7.45. The van der Waals surface area contributed by atoms with Crippen molar-refractivity contribution >= 4 is 15.9 Å². The number of nitrogens with two attached hydrogens (primary N) is 1. The molecule has 0 radical (unpaired) electrons. The van der Waals surface area contributed by atoms with Crippen LogP contribution in [0, 0.1) is 0 Å². The molecule has 2 aliphatic heterocycles. The fraction of sp³-hybridized carbons (Fsp3) is 0.647. The maximum absolute atomic E-state index is 6.02. The Hall–Kier alpha value is -0.420. The van der Waals surface area contributed by atoms with Gasteiger partial charge in [-0.2, -0.15) is 0 Å². The molecule has 0 aliphatic carbocycles. The molecule has 0 saturated carbocycles. The Labute approximate surface area is 136 Å². The van der Waals surface area contributed by atoms with Crippen LogP contribution in [-0.4, -0.2) is 48.1 Å². The standard InChI is InChI=1S/C17H26BrN3/c1-13(14-2-4-15(18)5-3-14)21-11-8-17(12-21)20-9-6-16(19)7-10-20/h2-5,13,16-17H,6-12,19H2,1H3. The molecule has 21 heavy (non-hydrogen) atoms. The molecule has 2 N–H and O–H groups in total. The Morgan fingerprint density at radius 1 is 1.10 bits per heavy atom. The Bertz CT molecular complexity index is 454. The zero-order valence-corrected chi connectivity index (χ0v) is 14.4. The van der Waals surface area contributed by atoms with Crippen molar-refractivity contribution in [1.82, 2.24) is 9.80 Å². The van der Waals surface area contributed by atoms with Gasteiger partial charge in [0, 0.05) is 35.7 Å². The SMILES string of the molecule is CC(c1ccc(Br)cc1)N1CCC(N2CCC(N)CC2)C1. The van der Waals surface area contributed by atoms with E-state index in [1.807, 2.05) is 0 Å². The van der Waals surface area contributed by atoms with E-state index in [9.17, 15) is 0 Å². The van der Waals surface area contributed by atoms with Gasteiger partial charge in [-0.05, 0) is 57.0 Å². The van der Waals surface area contributed by atoms with E-state index in [2.05, 4.69) is 56.9 Å². The first-order valence-electron chi connectivity index (χ1n) is 8.12. The summed E-state index contributed by atoms with van der Waals surface area (Å²) in [7, 11) is 0. The zero-order chi connectivity index (χ0) is 14.8. The first-order valence-corrected chi connectivity index (χ1v) is 8.92. The van der Waals surface area contributed by atoms with Crippen LogP contribution in [0.3, 0.4) is 0 Å². The van der Waals surface area contributed by atoms with Gasteiger partial charge in [-0.15, -0.1) is 0 Å². The monoisotopic (exact) mass is 351 g/mol.